The minimum atomic E-state index is -0.670. The van der Waals surface area contributed by atoms with Crippen LogP contribution in [0.4, 0.5) is 0 Å². The maximum atomic E-state index is 9.39. The molecular formula is C13H16N2O3. The molecule has 1 saturated heterocycles. The van der Waals surface area contributed by atoms with Crippen LogP contribution < -0.4 is 4.74 Å². The molecule has 0 spiro atoms. The van der Waals surface area contributed by atoms with Crippen molar-refractivity contribution < 1.29 is 14.9 Å². The fourth-order valence-electron chi connectivity index (χ4n) is 2.00. The van der Waals surface area contributed by atoms with Gasteiger partial charge in [0.15, 0.2) is 0 Å². The van der Waals surface area contributed by atoms with Crippen LogP contribution in [-0.2, 0) is 0 Å². The van der Waals surface area contributed by atoms with E-state index in [1.165, 1.54) is 0 Å². The fourth-order valence-corrected chi connectivity index (χ4v) is 2.00. The molecule has 1 heterocycles. The summed E-state index contributed by atoms with van der Waals surface area (Å²) in [5.41, 5.74) is 0.513. The van der Waals surface area contributed by atoms with Gasteiger partial charge in [0.2, 0.25) is 0 Å². The Hall–Kier alpha value is -1.61. The standard InChI is InChI=1S/C13H16N2O3/c14-7-10-3-1-2-4-13(10)18-6-5-15-8-11(16)12(17)9-15/h1-4,11-12,16-17H,5-6,8-9H2. The molecule has 2 unspecified atom stereocenters. The zero-order valence-electron chi connectivity index (χ0n) is 9.99. The van der Waals surface area contributed by atoms with Crippen molar-refractivity contribution in [1.29, 1.82) is 5.26 Å². The molecule has 18 heavy (non-hydrogen) atoms. The van der Waals surface area contributed by atoms with Crippen LogP contribution >= 0.6 is 0 Å². The van der Waals surface area contributed by atoms with Gasteiger partial charge in [0.1, 0.15) is 18.4 Å². The second-order valence-corrected chi connectivity index (χ2v) is 4.35. The first-order valence-corrected chi connectivity index (χ1v) is 5.91. The zero-order chi connectivity index (χ0) is 13.0. The molecule has 2 atom stereocenters. The number of β-amino-alcohol motifs (C(OH)–C–C–N with tert-alkyl or cyclic N) is 2. The quantitative estimate of drug-likeness (QED) is 0.782. The van der Waals surface area contributed by atoms with Crippen molar-refractivity contribution in [1.82, 2.24) is 4.90 Å². The summed E-state index contributed by atoms with van der Waals surface area (Å²) in [7, 11) is 0. The number of aliphatic hydroxyl groups is 2. The maximum absolute atomic E-state index is 9.39. The molecule has 1 aromatic carbocycles. The van der Waals surface area contributed by atoms with Crippen molar-refractivity contribution in [3.05, 3.63) is 29.8 Å². The van der Waals surface area contributed by atoms with Crippen molar-refractivity contribution in [2.24, 2.45) is 0 Å². The Morgan fingerprint density at radius 3 is 2.61 bits per heavy atom. The highest BCUT2D eigenvalue weighted by Gasteiger charge is 2.28. The van der Waals surface area contributed by atoms with Gasteiger partial charge in [-0.3, -0.25) is 4.90 Å². The van der Waals surface area contributed by atoms with Crippen molar-refractivity contribution in [2.75, 3.05) is 26.2 Å². The first kappa shape index (κ1) is 12.8. The van der Waals surface area contributed by atoms with E-state index < -0.39 is 12.2 Å². The van der Waals surface area contributed by atoms with Gasteiger partial charge in [0.25, 0.3) is 0 Å². The topological polar surface area (TPSA) is 76.7 Å². The monoisotopic (exact) mass is 248 g/mol. The smallest absolute Gasteiger partial charge is 0.137 e. The number of likely N-dealkylation sites (tertiary alicyclic amines) is 1. The molecule has 96 valence electrons. The average molecular weight is 248 g/mol. The van der Waals surface area contributed by atoms with Crippen LogP contribution in [0.2, 0.25) is 0 Å². The van der Waals surface area contributed by atoms with Crippen molar-refractivity contribution in [3.8, 4) is 11.8 Å². The molecule has 1 aliphatic rings. The summed E-state index contributed by atoms with van der Waals surface area (Å²) < 4.78 is 5.53. The Bertz CT molecular complexity index is 434. The maximum Gasteiger partial charge on any atom is 0.137 e. The van der Waals surface area contributed by atoms with Crippen molar-refractivity contribution in [3.63, 3.8) is 0 Å². The lowest BCUT2D eigenvalue weighted by atomic mass is 10.2. The van der Waals surface area contributed by atoms with E-state index in [0.29, 0.717) is 37.6 Å². The van der Waals surface area contributed by atoms with Crippen LogP contribution in [0.25, 0.3) is 0 Å². The molecule has 2 N–H and O–H groups in total. The molecule has 5 nitrogen and oxygen atoms in total. The van der Waals surface area contributed by atoms with E-state index in [1.54, 1.807) is 18.2 Å². The minimum Gasteiger partial charge on any atom is -0.491 e. The molecule has 2 rings (SSSR count). The van der Waals surface area contributed by atoms with Gasteiger partial charge in [0.05, 0.1) is 17.8 Å². The summed E-state index contributed by atoms with van der Waals surface area (Å²) >= 11 is 0. The van der Waals surface area contributed by atoms with E-state index in [1.807, 2.05) is 11.0 Å². The number of hydrogen-bond donors (Lipinski definition) is 2. The van der Waals surface area contributed by atoms with Crippen LogP contribution in [0.15, 0.2) is 24.3 Å². The molecule has 0 aliphatic carbocycles. The van der Waals surface area contributed by atoms with Gasteiger partial charge in [-0.05, 0) is 12.1 Å². The van der Waals surface area contributed by atoms with E-state index in [9.17, 15) is 10.2 Å². The second-order valence-electron chi connectivity index (χ2n) is 4.35. The molecule has 5 heteroatoms. The van der Waals surface area contributed by atoms with Gasteiger partial charge in [-0.15, -0.1) is 0 Å². The summed E-state index contributed by atoms with van der Waals surface area (Å²) in [5.74, 6) is 0.570. The number of para-hydroxylation sites is 1. The number of rotatable bonds is 4. The third-order valence-electron chi connectivity index (χ3n) is 3.01. The summed E-state index contributed by atoms with van der Waals surface area (Å²) in [5, 5.41) is 27.7. The van der Waals surface area contributed by atoms with E-state index in [0.717, 1.165) is 0 Å². The Morgan fingerprint density at radius 1 is 1.28 bits per heavy atom. The molecule has 0 bridgehead atoms. The first-order chi connectivity index (χ1) is 8.70. The second kappa shape index (κ2) is 5.83. The van der Waals surface area contributed by atoms with Gasteiger partial charge >= 0.3 is 0 Å². The number of nitrogens with zero attached hydrogens (tertiary/aromatic N) is 2. The van der Waals surface area contributed by atoms with Gasteiger partial charge in [-0.2, -0.15) is 5.26 Å². The summed E-state index contributed by atoms with van der Waals surface area (Å²) in [6, 6.07) is 9.14. The number of aliphatic hydroxyl groups excluding tert-OH is 2. The average Bonchev–Trinajstić information content (AvgIpc) is 2.69. The Balaban J connectivity index is 1.81. The summed E-state index contributed by atoms with van der Waals surface area (Å²) in [6.07, 6.45) is -1.34. The first-order valence-electron chi connectivity index (χ1n) is 5.91. The molecule has 0 aromatic heterocycles. The van der Waals surface area contributed by atoms with E-state index in [2.05, 4.69) is 6.07 Å². The number of benzene rings is 1. The van der Waals surface area contributed by atoms with E-state index >= 15 is 0 Å². The van der Waals surface area contributed by atoms with Crippen LogP contribution in [-0.4, -0.2) is 53.6 Å². The van der Waals surface area contributed by atoms with E-state index in [4.69, 9.17) is 10.00 Å². The Kier molecular flexibility index (Phi) is 4.15. The molecule has 0 saturated carbocycles. The molecule has 0 radical (unpaired) electrons. The number of ether oxygens (including phenoxy) is 1. The lowest BCUT2D eigenvalue weighted by Crippen LogP contribution is -2.27. The third-order valence-corrected chi connectivity index (χ3v) is 3.01. The van der Waals surface area contributed by atoms with Crippen LogP contribution in [0.3, 0.4) is 0 Å². The predicted molar refractivity (Wildman–Crippen MR) is 65.1 cm³/mol. The predicted octanol–water partition coefficient (Wildman–Crippen LogP) is -0.0255. The molecular weight excluding hydrogens is 232 g/mol. The van der Waals surface area contributed by atoms with Gasteiger partial charge in [-0.1, -0.05) is 12.1 Å². The largest absolute Gasteiger partial charge is 0.491 e. The Morgan fingerprint density at radius 2 is 1.94 bits per heavy atom. The molecule has 0 amide bonds. The summed E-state index contributed by atoms with van der Waals surface area (Å²) in [4.78, 5) is 1.93. The van der Waals surface area contributed by atoms with E-state index in [-0.39, 0.29) is 0 Å². The molecule has 1 aromatic rings. The Labute approximate surface area is 106 Å². The normalized spacial score (nSPS) is 23.8. The zero-order valence-corrected chi connectivity index (χ0v) is 9.99. The van der Waals surface area contributed by atoms with Gasteiger partial charge in [0, 0.05) is 19.6 Å². The minimum absolute atomic E-state index is 0.429. The lowest BCUT2D eigenvalue weighted by Gasteiger charge is -2.15. The van der Waals surface area contributed by atoms with Gasteiger partial charge in [-0.25, -0.2) is 0 Å². The summed E-state index contributed by atoms with van der Waals surface area (Å²) in [6.45, 7) is 1.97. The van der Waals surface area contributed by atoms with Crippen molar-refractivity contribution >= 4 is 0 Å². The molecule has 1 aliphatic heterocycles. The molecule has 1 fully saturated rings. The highest BCUT2D eigenvalue weighted by Crippen LogP contribution is 2.16. The van der Waals surface area contributed by atoms with Crippen LogP contribution in [0, 0.1) is 11.3 Å². The highest BCUT2D eigenvalue weighted by molar-refractivity contribution is 5.42. The number of nitriles is 1. The highest BCUT2D eigenvalue weighted by atomic mass is 16.5. The van der Waals surface area contributed by atoms with Crippen molar-refractivity contribution in [2.45, 2.75) is 12.2 Å². The fraction of sp³-hybridized carbons (Fsp3) is 0.462. The lowest BCUT2D eigenvalue weighted by molar-refractivity contribution is 0.0572. The number of hydrogen-bond acceptors (Lipinski definition) is 5. The third kappa shape index (κ3) is 2.99. The SMILES string of the molecule is N#Cc1ccccc1OCCN1CC(O)C(O)C1. The van der Waals surface area contributed by atoms with Crippen LogP contribution in [0.1, 0.15) is 5.56 Å². The van der Waals surface area contributed by atoms with Crippen LogP contribution in [0.5, 0.6) is 5.75 Å². The van der Waals surface area contributed by atoms with Gasteiger partial charge < -0.3 is 14.9 Å².